The predicted octanol–water partition coefficient (Wildman–Crippen LogP) is 1.37. The number of hydrogen-bond donors (Lipinski definition) is 2. The van der Waals surface area contributed by atoms with Crippen molar-refractivity contribution in [3.05, 3.63) is 21.0 Å². The van der Waals surface area contributed by atoms with Crippen molar-refractivity contribution in [3.8, 4) is 0 Å². The van der Waals surface area contributed by atoms with Crippen molar-refractivity contribution in [1.29, 1.82) is 0 Å². The average Bonchev–Trinajstić information content (AvgIpc) is 3.07. The lowest BCUT2D eigenvalue weighted by molar-refractivity contribution is 0.134. The molecule has 0 radical (unpaired) electrons. The number of hydrogen-bond acceptors (Lipinski definition) is 4. The van der Waals surface area contributed by atoms with Crippen molar-refractivity contribution in [2.75, 3.05) is 25.1 Å². The highest BCUT2D eigenvalue weighted by Crippen LogP contribution is 2.28. The van der Waals surface area contributed by atoms with Crippen molar-refractivity contribution >= 4 is 21.6 Å². The summed E-state index contributed by atoms with van der Waals surface area (Å²) in [6.07, 6.45) is 4.18. The molecule has 1 heterocycles. The molecule has 88 valence electrons. The Hall–Kier alpha value is -0.880. The minimum absolute atomic E-state index is 0.233. The summed E-state index contributed by atoms with van der Waals surface area (Å²) in [6, 6.07) is 0. The summed E-state index contributed by atoms with van der Waals surface area (Å²) in [7, 11) is 0. The van der Waals surface area contributed by atoms with Gasteiger partial charge in [0.25, 0.3) is 5.56 Å². The van der Waals surface area contributed by atoms with Gasteiger partial charge in [-0.3, -0.25) is 4.79 Å². The van der Waals surface area contributed by atoms with Crippen LogP contribution in [0.5, 0.6) is 0 Å². The maximum Gasteiger partial charge on any atom is 0.280 e. The summed E-state index contributed by atoms with van der Waals surface area (Å²) in [5.74, 6) is 0.785. The van der Waals surface area contributed by atoms with Crippen LogP contribution in [0.15, 0.2) is 15.5 Å². The molecule has 1 aromatic rings. The van der Waals surface area contributed by atoms with Gasteiger partial charge in [-0.05, 0) is 34.7 Å². The Kier molecular flexibility index (Phi) is 3.95. The molecule has 1 saturated carbocycles. The molecule has 0 atom stereocenters. The first-order chi connectivity index (χ1) is 7.77. The molecule has 0 spiro atoms. The zero-order valence-corrected chi connectivity index (χ0v) is 10.4. The average molecular weight is 288 g/mol. The molecule has 1 fully saturated rings. The van der Waals surface area contributed by atoms with E-state index in [1.54, 1.807) is 6.20 Å². The van der Waals surface area contributed by atoms with E-state index in [1.165, 1.54) is 12.8 Å². The number of rotatable bonds is 6. The summed E-state index contributed by atoms with van der Waals surface area (Å²) in [4.78, 5) is 11.2. The van der Waals surface area contributed by atoms with Gasteiger partial charge in [0.2, 0.25) is 0 Å². The monoisotopic (exact) mass is 287 g/mol. The number of aromatic amines is 1. The van der Waals surface area contributed by atoms with E-state index in [2.05, 4.69) is 31.4 Å². The number of halogens is 1. The molecule has 5 nitrogen and oxygen atoms in total. The Balaban J connectivity index is 1.71. The van der Waals surface area contributed by atoms with E-state index in [-0.39, 0.29) is 5.56 Å². The molecule has 0 amide bonds. The van der Waals surface area contributed by atoms with Crippen LogP contribution in [0.2, 0.25) is 0 Å². The molecule has 1 aromatic heterocycles. The van der Waals surface area contributed by atoms with Crippen molar-refractivity contribution in [3.63, 3.8) is 0 Å². The summed E-state index contributed by atoms with van der Waals surface area (Å²) >= 11 is 3.20. The van der Waals surface area contributed by atoms with Gasteiger partial charge in [0, 0.05) is 13.2 Å². The van der Waals surface area contributed by atoms with Crippen LogP contribution >= 0.6 is 15.9 Å². The van der Waals surface area contributed by atoms with Gasteiger partial charge in [0.15, 0.2) is 0 Å². The third-order valence-electron chi connectivity index (χ3n) is 2.41. The number of H-pyrrole nitrogens is 1. The molecule has 1 aliphatic rings. The number of ether oxygens (including phenoxy) is 1. The Morgan fingerprint density at radius 2 is 2.44 bits per heavy atom. The van der Waals surface area contributed by atoms with E-state index in [0.717, 1.165) is 12.5 Å². The quantitative estimate of drug-likeness (QED) is 0.776. The number of nitrogens with zero attached hydrogens (tertiary/aromatic N) is 1. The van der Waals surface area contributed by atoms with Gasteiger partial charge in [-0.15, -0.1) is 0 Å². The Morgan fingerprint density at radius 1 is 1.62 bits per heavy atom. The highest BCUT2D eigenvalue weighted by atomic mass is 79.9. The molecule has 2 N–H and O–H groups in total. The zero-order chi connectivity index (χ0) is 11.4. The normalized spacial score (nSPS) is 15.1. The number of anilines is 1. The second-order valence-electron chi connectivity index (χ2n) is 3.87. The highest BCUT2D eigenvalue weighted by Gasteiger charge is 2.20. The van der Waals surface area contributed by atoms with Gasteiger partial charge in [-0.25, -0.2) is 5.10 Å². The Bertz CT molecular complexity index is 403. The van der Waals surface area contributed by atoms with E-state index in [9.17, 15) is 4.79 Å². The van der Waals surface area contributed by atoms with Gasteiger partial charge in [-0.2, -0.15) is 5.10 Å². The number of aromatic nitrogens is 2. The van der Waals surface area contributed by atoms with Crippen LogP contribution in [-0.2, 0) is 4.74 Å². The second kappa shape index (κ2) is 5.45. The molecule has 6 heteroatoms. The van der Waals surface area contributed by atoms with Crippen LogP contribution < -0.4 is 10.9 Å². The fourth-order valence-corrected chi connectivity index (χ4v) is 1.63. The molecular weight excluding hydrogens is 274 g/mol. The third-order valence-corrected chi connectivity index (χ3v) is 3.20. The van der Waals surface area contributed by atoms with Crippen molar-refractivity contribution in [2.45, 2.75) is 12.8 Å². The summed E-state index contributed by atoms with van der Waals surface area (Å²) < 4.78 is 5.94. The minimum Gasteiger partial charge on any atom is -0.380 e. The summed E-state index contributed by atoms with van der Waals surface area (Å²) in [6.45, 7) is 2.18. The second-order valence-corrected chi connectivity index (χ2v) is 4.66. The van der Waals surface area contributed by atoms with Crippen LogP contribution in [0.4, 0.5) is 5.69 Å². The van der Waals surface area contributed by atoms with Crippen LogP contribution in [0.1, 0.15) is 12.8 Å². The molecule has 16 heavy (non-hydrogen) atoms. The minimum atomic E-state index is -0.233. The molecule has 2 rings (SSSR count). The van der Waals surface area contributed by atoms with Crippen LogP contribution in [0, 0.1) is 5.92 Å². The Morgan fingerprint density at radius 3 is 3.19 bits per heavy atom. The zero-order valence-electron chi connectivity index (χ0n) is 8.83. The topological polar surface area (TPSA) is 67.0 Å². The van der Waals surface area contributed by atoms with Gasteiger partial charge in [-0.1, -0.05) is 0 Å². The van der Waals surface area contributed by atoms with Crippen LogP contribution in [-0.4, -0.2) is 30.0 Å². The van der Waals surface area contributed by atoms with Crippen molar-refractivity contribution in [1.82, 2.24) is 10.2 Å². The first-order valence-corrected chi connectivity index (χ1v) is 6.11. The van der Waals surface area contributed by atoms with E-state index in [0.29, 0.717) is 23.3 Å². The smallest absolute Gasteiger partial charge is 0.280 e. The predicted molar refractivity (Wildman–Crippen MR) is 64.6 cm³/mol. The van der Waals surface area contributed by atoms with Gasteiger partial charge in [0.1, 0.15) is 4.47 Å². The van der Waals surface area contributed by atoms with Gasteiger partial charge >= 0.3 is 0 Å². The standard InChI is InChI=1S/C10H14BrN3O2/c11-9-8(5-13-14-10(9)15)12-3-4-16-6-7-1-2-7/h5,7H,1-4,6H2,(H2,12,14,15). The molecule has 0 unspecified atom stereocenters. The fourth-order valence-electron chi connectivity index (χ4n) is 1.30. The first kappa shape index (κ1) is 11.6. The maximum absolute atomic E-state index is 11.2. The first-order valence-electron chi connectivity index (χ1n) is 5.32. The molecule has 0 aliphatic heterocycles. The lowest BCUT2D eigenvalue weighted by Gasteiger charge is -2.07. The molecule has 0 saturated heterocycles. The fraction of sp³-hybridized carbons (Fsp3) is 0.600. The lowest BCUT2D eigenvalue weighted by atomic mass is 10.4. The van der Waals surface area contributed by atoms with Crippen LogP contribution in [0.25, 0.3) is 0 Å². The van der Waals surface area contributed by atoms with Gasteiger partial charge in [0.05, 0.1) is 18.5 Å². The van der Waals surface area contributed by atoms with Crippen LogP contribution in [0.3, 0.4) is 0 Å². The molecule has 0 bridgehead atoms. The largest absolute Gasteiger partial charge is 0.380 e. The van der Waals surface area contributed by atoms with Crippen molar-refractivity contribution in [2.24, 2.45) is 5.92 Å². The SMILES string of the molecule is O=c1[nH]ncc(NCCOCC2CC2)c1Br. The van der Waals surface area contributed by atoms with E-state index in [1.807, 2.05) is 0 Å². The molecule has 1 aliphatic carbocycles. The third kappa shape index (κ3) is 3.31. The van der Waals surface area contributed by atoms with Gasteiger partial charge < -0.3 is 10.1 Å². The molecule has 0 aromatic carbocycles. The lowest BCUT2D eigenvalue weighted by Crippen LogP contribution is -2.15. The maximum atomic E-state index is 11.2. The van der Waals surface area contributed by atoms with E-state index >= 15 is 0 Å². The number of nitrogens with one attached hydrogen (secondary N) is 2. The molecular formula is C10H14BrN3O2. The van der Waals surface area contributed by atoms with E-state index in [4.69, 9.17) is 4.74 Å². The van der Waals surface area contributed by atoms with E-state index < -0.39 is 0 Å². The highest BCUT2D eigenvalue weighted by molar-refractivity contribution is 9.10. The van der Waals surface area contributed by atoms with Crippen molar-refractivity contribution < 1.29 is 4.74 Å². The summed E-state index contributed by atoms with van der Waals surface area (Å²) in [5, 5.41) is 9.15. The summed E-state index contributed by atoms with van der Waals surface area (Å²) in [5.41, 5.74) is 0.461. The Labute approximate surface area is 102 Å².